The van der Waals surface area contributed by atoms with Gasteiger partial charge in [0.1, 0.15) is 13.2 Å². The molecule has 0 aromatic rings. The lowest BCUT2D eigenvalue weighted by Crippen LogP contribution is -2.30. The van der Waals surface area contributed by atoms with E-state index in [-0.39, 0.29) is 44.0 Å². The van der Waals surface area contributed by atoms with Crippen LogP contribution in [0.15, 0.2) is 158 Å². The Morgan fingerprint density at radius 2 is 0.507 bits per heavy atom. The van der Waals surface area contributed by atoms with E-state index in [0.717, 1.165) is 154 Å². The summed E-state index contributed by atoms with van der Waals surface area (Å²) < 4.78 is 16.8. The van der Waals surface area contributed by atoms with Gasteiger partial charge < -0.3 is 14.2 Å². The van der Waals surface area contributed by atoms with Crippen LogP contribution in [0.25, 0.3) is 0 Å². The van der Waals surface area contributed by atoms with Gasteiger partial charge in [-0.1, -0.05) is 211 Å². The fourth-order valence-electron chi connectivity index (χ4n) is 6.92. The van der Waals surface area contributed by atoms with Crippen LogP contribution in [-0.4, -0.2) is 37.2 Å². The highest BCUT2D eigenvalue weighted by atomic mass is 16.6. The molecule has 6 heteroatoms. The van der Waals surface area contributed by atoms with Gasteiger partial charge in [-0.2, -0.15) is 0 Å². The smallest absolute Gasteiger partial charge is 0.306 e. The summed E-state index contributed by atoms with van der Waals surface area (Å²) in [5.41, 5.74) is 0. The number of esters is 3. The Labute approximate surface area is 435 Å². The lowest BCUT2D eigenvalue weighted by Gasteiger charge is -2.18. The lowest BCUT2D eigenvalue weighted by atomic mass is 10.1. The van der Waals surface area contributed by atoms with Crippen molar-refractivity contribution in [2.75, 3.05) is 13.2 Å². The van der Waals surface area contributed by atoms with Crippen LogP contribution in [0.2, 0.25) is 0 Å². The van der Waals surface area contributed by atoms with Gasteiger partial charge in [-0.3, -0.25) is 14.4 Å². The second-order valence-electron chi connectivity index (χ2n) is 17.7. The summed E-state index contributed by atoms with van der Waals surface area (Å²) >= 11 is 0. The van der Waals surface area contributed by atoms with Gasteiger partial charge in [0.15, 0.2) is 6.10 Å². The number of unbranched alkanes of at least 4 members (excludes halogenated alkanes) is 11. The molecule has 0 aliphatic carbocycles. The summed E-state index contributed by atoms with van der Waals surface area (Å²) in [4.78, 5) is 38.2. The number of carbonyl (C=O) groups is 3. The minimum absolute atomic E-state index is 0.122. The van der Waals surface area contributed by atoms with Crippen molar-refractivity contribution < 1.29 is 28.6 Å². The summed E-state index contributed by atoms with van der Waals surface area (Å²) in [6.45, 7) is 6.20. The molecule has 71 heavy (non-hydrogen) atoms. The van der Waals surface area contributed by atoms with E-state index in [1.165, 1.54) is 12.8 Å². The Kier molecular flexibility index (Phi) is 53.6. The fraction of sp³-hybridized carbons (Fsp3) is 0.554. The van der Waals surface area contributed by atoms with Crippen molar-refractivity contribution in [2.45, 2.75) is 219 Å². The maximum atomic E-state index is 12.9. The topological polar surface area (TPSA) is 78.9 Å². The molecule has 0 heterocycles. The molecule has 0 rings (SSSR count). The average Bonchev–Trinajstić information content (AvgIpc) is 3.37. The van der Waals surface area contributed by atoms with E-state index in [2.05, 4.69) is 179 Å². The molecule has 0 amide bonds. The van der Waals surface area contributed by atoms with E-state index in [1.54, 1.807) is 0 Å². The summed E-state index contributed by atoms with van der Waals surface area (Å²) in [6.07, 6.45) is 83.7. The van der Waals surface area contributed by atoms with Gasteiger partial charge in [-0.25, -0.2) is 0 Å². The molecule has 0 aromatic heterocycles. The Morgan fingerprint density at radius 3 is 0.831 bits per heavy atom. The molecule has 0 aliphatic rings. The van der Waals surface area contributed by atoms with Crippen molar-refractivity contribution in [1.82, 2.24) is 0 Å². The maximum Gasteiger partial charge on any atom is 0.306 e. The zero-order chi connectivity index (χ0) is 51.4. The molecule has 0 saturated heterocycles. The molecule has 0 bridgehead atoms. The van der Waals surface area contributed by atoms with Crippen LogP contribution in [0, 0.1) is 0 Å². The molecule has 0 saturated carbocycles. The highest BCUT2D eigenvalue weighted by molar-refractivity contribution is 5.71. The Morgan fingerprint density at radius 1 is 0.282 bits per heavy atom. The SMILES string of the molecule is CC/C=C\C/C=C\C/C=C\C/C=C\C/C=C\CCCCCC(=O)OCC(COC(=O)CCCC/C=C\C/C=C\C/C=C\C/C=C\CC)OC(=O)CCCCCCCC/C=C\C/C=C\C/C=C\C/C=C\CC. The molecule has 1 atom stereocenters. The highest BCUT2D eigenvalue weighted by Gasteiger charge is 2.19. The van der Waals surface area contributed by atoms with Crippen LogP contribution < -0.4 is 0 Å². The van der Waals surface area contributed by atoms with E-state index in [4.69, 9.17) is 14.2 Å². The number of hydrogen-bond donors (Lipinski definition) is 0. The minimum atomic E-state index is -0.825. The molecule has 0 radical (unpaired) electrons. The summed E-state index contributed by atoms with van der Waals surface area (Å²) in [5, 5.41) is 0. The van der Waals surface area contributed by atoms with Crippen molar-refractivity contribution in [3.8, 4) is 0 Å². The van der Waals surface area contributed by atoms with Crippen LogP contribution >= 0.6 is 0 Å². The summed E-state index contributed by atoms with van der Waals surface area (Å²) in [5.74, 6) is -1.02. The van der Waals surface area contributed by atoms with E-state index in [0.29, 0.717) is 12.8 Å². The zero-order valence-corrected chi connectivity index (χ0v) is 45.2. The minimum Gasteiger partial charge on any atom is -0.462 e. The Balaban J connectivity index is 4.57. The number of rotatable bonds is 48. The third-order valence-corrected chi connectivity index (χ3v) is 11.0. The van der Waals surface area contributed by atoms with Gasteiger partial charge in [0.05, 0.1) is 0 Å². The van der Waals surface area contributed by atoms with E-state index >= 15 is 0 Å². The first-order valence-electron chi connectivity index (χ1n) is 28.0. The third kappa shape index (κ3) is 55.8. The van der Waals surface area contributed by atoms with Gasteiger partial charge >= 0.3 is 17.9 Å². The molecule has 0 aromatic carbocycles. The van der Waals surface area contributed by atoms with Gasteiger partial charge in [0.2, 0.25) is 0 Å². The van der Waals surface area contributed by atoms with Gasteiger partial charge in [-0.05, 0) is 141 Å². The predicted molar refractivity (Wildman–Crippen MR) is 306 cm³/mol. The molecule has 0 N–H and O–H groups in total. The average molecular weight is 978 g/mol. The first-order valence-corrected chi connectivity index (χ1v) is 28.0. The number of allylic oxidation sites excluding steroid dienone is 26. The van der Waals surface area contributed by atoms with Crippen molar-refractivity contribution in [2.24, 2.45) is 0 Å². The van der Waals surface area contributed by atoms with E-state index < -0.39 is 6.10 Å². The normalized spacial score (nSPS) is 13.3. The van der Waals surface area contributed by atoms with Gasteiger partial charge in [0.25, 0.3) is 0 Å². The van der Waals surface area contributed by atoms with Gasteiger partial charge in [-0.15, -0.1) is 0 Å². The van der Waals surface area contributed by atoms with Crippen LogP contribution in [0.5, 0.6) is 0 Å². The first-order chi connectivity index (χ1) is 35.0. The summed E-state index contributed by atoms with van der Waals surface area (Å²) in [7, 11) is 0. The highest BCUT2D eigenvalue weighted by Crippen LogP contribution is 2.12. The van der Waals surface area contributed by atoms with Gasteiger partial charge in [0, 0.05) is 19.3 Å². The Bertz CT molecular complexity index is 1640. The first kappa shape index (κ1) is 66.0. The molecular formula is C65H100O6. The van der Waals surface area contributed by atoms with Crippen molar-refractivity contribution >= 4 is 17.9 Å². The van der Waals surface area contributed by atoms with Crippen LogP contribution in [0.3, 0.4) is 0 Å². The van der Waals surface area contributed by atoms with Crippen LogP contribution in [-0.2, 0) is 28.6 Å². The van der Waals surface area contributed by atoms with E-state index in [1.807, 2.05) is 0 Å². The number of ether oxygens (including phenoxy) is 3. The predicted octanol–water partition coefficient (Wildman–Crippen LogP) is 19.0. The molecule has 0 fully saturated rings. The quantitative estimate of drug-likeness (QED) is 0.0262. The third-order valence-electron chi connectivity index (χ3n) is 11.0. The standard InChI is InChI=1S/C65H100O6/c1-4-7-10-13-16-19-22-25-28-30-32-34-37-40-43-46-49-52-55-58-64(67)70-61-62(60-69-63(66)57-54-51-48-45-42-39-36-27-24-21-18-15-12-9-6-3)71-65(68)59-56-53-50-47-44-41-38-35-33-31-29-26-23-20-17-14-11-8-5-2/h7-12,16-21,25-29,32-36,40,42-43,45,62H,4-6,13-15,22-24,30-31,37-39,41,44,46-61H2,1-3H3/b10-7-,11-8-,12-9-,19-16-,20-17-,21-18-,28-25-,29-26-,34-32-,35-33-,36-27-,43-40-,45-42-. The molecule has 0 aliphatic heterocycles. The maximum absolute atomic E-state index is 12.9. The molecular weight excluding hydrogens is 877 g/mol. The Hall–Kier alpha value is -4.97. The van der Waals surface area contributed by atoms with Crippen molar-refractivity contribution in [3.63, 3.8) is 0 Å². The van der Waals surface area contributed by atoms with Crippen molar-refractivity contribution in [3.05, 3.63) is 158 Å². The number of hydrogen-bond acceptors (Lipinski definition) is 6. The monoisotopic (exact) mass is 977 g/mol. The molecule has 1 unspecified atom stereocenters. The molecule has 0 spiro atoms. The lowest BCUT2D eigenvalue weighted by molar-refractivity contribution is -0.167. The molecule has 396 valence electrons. The zero-order valence-electron chi connectivity index (χ0n) is 45.2. The molecule has 6 nitrogen and oxygen atoms in total. The van der Waals surface area contributed by atoms with Crippen molar-refractivity contribution in [1.29, 1.82) is 0 Å². The van der Waals surface area contributed by atoms with E-state index in [9.17, 15) is 14.4 Å². The van der Waals surface area contributed by atoms with Crippen LogP contribution in [0.1, 0.15) is 213 Å². The van der Waals surface area contributed by atoms with Crippen LogP contribution in [0.4, 0.5) is 0 Å². The second kappa shape index (κ2) is 57.6. The summed E-state index contributed by atoms with van der Waals surface area (Å²) in [6, 6.07) is 0. The fourth-order valence-corrected chi connectivity index (χ4v) is 6.92. The largest absolute Gasteiger partial charge is 0.462 e. The number of carbonyl (C=O) groups excluding carboxylic acids is 3. The second-order valence-corrected chi connectivity index (χ2v) is 17.7.